The third kappa shape index (κ3) is 6.90. The van der Waals surface area contributed by atoms with Gasteiger partial charge in [-0.2, -0.15) is 0 Å². The Morgan fingerprint density at radius 3 is 2.58 bits per heavy atom. The Morgan fingerprint density at radius 1 is 1.06 bits per heavy atom. The highest BCUT2D eigenvalue weighted by molar-refractivity contribution is 9.10. The van der Waals surface area contributed by atoms with Crippen molar-refractivity contribution in [3.05, 3.63) is 86.3 Å². The van der Waals surface area contributed by atoms with E-state index in [0.717, 1.165) is 11.1 Å². The van der Waals surface area contributed by atoms with E-state index in [9.17, 15) is 4.79 Å². The van der Waals surface area contributed by atoms with Gasteiger partial charge in [-0.15, -0.1) is 0 Å². The van der Waals surface area contributed by atoms with E-state index < -0.39 is 0 Å². The number of rotatable bonds is 9. The molecule has 3 aromatic carbocycles. The fourth-order valence-corrected chi connectivity index (χ4v) is 3.91. The maximum atomic E-state index is 12.4. The van der Waals surface area contributed by atoms with Crippen LogP contribution in [0.25, 0.3) is 6.08 Å². The van der Waals surface area contributed by atoms with Crippen LogP contribution >= 0.6 is 39.1 Å². The summed E-state index contributed by atoms with van der Waals surface area (Å²) < 4.78 is 17.7. The van der Waals surface area contributed by atoms with Crippen LogP contribution in [0.4, 0.5) is 5.69 Å². The Morgan fingerprint density at radius 2 is 1.85 bits per heavy atom. The zero-order valence-electron chi connectivity index (χ0n) is 18.0. The minimum Gasteiger partial charge on any atom is -0.495 e. The number of benzene rings is 3. The Kier molecular flexibility index (Phi) is 9.06. The van der Waals surface area contributed by atoms with E-state index in [1.54, 1.807) is 30.3 Å². The van der Waals surface area contributed by atoms with Gasteiger partial charge in [0.05, 0.1) is 23.9 Å². The van der Waals surface area contributed by atoms with Gasteiger partial charge in [-0.25, -0.2) is 0 Å². The van der Waals surface area contributed by atoms with Crippen LogP contribution in [0.2, 0.25) is 10.0 Å². The summed E-state index contributed by atoms with van der Waals surface area (Å²) in [5.41, 5.74) is 2.10. The van der Waals surface area contributed by atoms with E-state index in [-0.39, 0.29) is 12.5 Å². The van der Waals surface area contributed by atoms with Gasteiger partial charge in [-0.05, 0) is 70.9 Å². The summed E-state index contributed by atoms with van der Waals surface area (Å²) in [6.45, 7) is 2.63. The summed E-state index contributed by atoms with van der Waals surface area (Å²) >= 11 is 15.8. The summed E-state index contributed by atoms with van der Waals surface area (Å²) in [6.07, 6.45) is 3.10. The van der Waals surface area contributed by atoms with E-state index >= 15 is 0 Å². The van der Waals surface area contributed by atoms with Gasteiger partial charge in [0.1, 0.15) is 12.4 Å². The molecular formula is C25H22BrCl2NO4. The molecule has 0 radical (unpaired) electrons. The molecule has 0 bridgehead atoms. The van der Waals surface area contributed by atoms with Crippen LogP contribution in [-0.4, -0.2) is 19.6 Å². The van der Waals surface area contributed by atoms with E-state index in [2.05, 4.69) is 21.2 Å². The molecule has 1 amide bonds. The van der Waals surface area contributed by atoms with E-state index in [4.69, 9.17) is 37.4 Å². The topological polar surface area (TPSA) is 56.8 Å². The van der Waals surface area contributed by atoms with Crippen molar-refractivity contribution >= 4 is 56.8 Å². The zero-order valence-corrected chi connectivity index (χ0v) is 21.1. The lowest BCUT2D eigenvalue weighted by molar-refractivity contribution is -0.111. The van der Waals surface area contributed by atoms with Gasteiger partial charge in [-0.3, -0.25) is 4.79 Å². The molecule has 0 saturated carbocycles. The average Bonchev–Trinajstić information content (AvgIpc) is 2.78. The zero-order chi connectivity index (χ0) is 23.8. The largest absolute Gasteiger partial charge is 0.495 e. The van der Waals surface area contributed by atoms with Crippen molar-refractivity contribution < 1.29 is 19.0 Å². The second kappa shape index (κ2) is 12.0. The first kappa shape index (κ1) is 25.0. The molecule has 0 fully saturated rings. The van der Waals surface area contributed by atoms with Crippen LogP contribution in [0.15, 0.2) is 65.1 Å². The molecule has 3 aromatic rings. The van der Waals surface area contributed by atoms with Crippen molar-refractivity contribution in [2.45, 2.75) is 13.5 Å². The van der Waals surface area contributed by atoms with Crippen molar-refractivity contribution in [1.82, 2.24) is 0 Å². The van der Waals surface area contributed by atoms with Crippen LogP contribution in [0.3, 0.4) is 0 Å². The predicted molar refractivity (Wildman–Crippen MR) is 137 cm³/mol. The Bertz CT molecular complexity index is 1170. The van der Waals surface area contributed by atoms with Gasteiger partial charge in [0.15, 0.2) is 11.5 Å². The molecule has 33 heavy (non-hydrogen) atoms. The number of carbonyl (C=O) groups excluding carboxylic acids is 1. The molecule has 172 valence electrons. The van der Waals surface area contributed by atoms with Crippen molar-refractivity contribution in [2.75, 3.05) is 19.0 Å². The summed E-state index contributed by atoms with van der Waals surface area (Å²) in [5, 5.41) is 3.89. The Balaban J connectivity index is 1.77. The molecule has 0 aromatic heterocycles. The minimum absolute atomic E-state index is 0.289. The third-order valence-corrected chi connectivity index (χ3v) is 5.70. The second-order valence-electron chi connectivity index (χ2n) is 6.81. The van der Waals surface area contributed by atoms with Crippen LogP contribution in [-0.2, 0) is 11.4 Å². The van der Waals surface area contributed by atoms with Crippen molar-refractivity contribution in [1.29, 1.82) is 0 Å². The highest BCUT2D eigenvalue weighted by atomic mass is 79.9. The first-order chi connectivity index (χ1) is 15.9. The summed E-state index contributed by atoms with van der Waals surface area (Å²) in [4.78, 5) is 12.4. The first-order valence-electron chi connectivity index (χ1n) is 10.1. The van der Waals surface area contributed by atoms with E-state index in [1.165, 1.54) is 13.2 Å². The molecule has 0 aliphatic heterocycles. The lowest BCUT2D eigenvalue weighted by atomic mass is 10.1. The highest BCUT2D eigenvalue weighted by Crippen LogP contribution is 2.38. The fourth-order valence-electron chi connectivity index (χ4n) is 2.98. The second-order valence-corrected chi connectivity index (χ2v) is 8.51. The molecular weight excluding hydrogens is 529 g/mol. The maximum absolute atomic E-state index is 12.4. The highest BCUT2D eigenvalue weighted by Gasteiger charge is 2.13. The predicted octanol–water partition coefficient (Wildman–Crippen LogP) is 7.39. The van der Waals surface area contributed by atoms with Crippen molar-refractivity contribution in [3.63, 3.8) is 0 Å². The first-order valence-corrected chi connectivity index (χ1v) is 11.6. The Labute approximate surface area is 211 Å². The monoisotopic (exact) mass is 549 g/mol. The maximum Gasteiger partial charge on any atom is 0.248 e. The molecule has 0 unspecified atom stereocenters. The van der Waals surface area contributed by atoms with Crippen LogP contribution < -0.4 is 19.5 Å². The van der Waals surface area contributed by atoms with E-state index in [1.807, 2.05) is 37.3 Å². The summed E-state index contributed by atoms with van der Waals surface area (Å²) in [6, 6.07) is 16.1. The molecule has 0 aliphatic rings. The number of ether oxygens (including phenoxy) is 3. The van der Waals surface area contributed by atoms with Crippen molar-refractivity contribution in [2.24, 2.45) is 0 Å². The molecule has 0 saturated heterocycles. The van der Waals surface area contributed by atoms with Crippen molar-refractivity contribution in [3.8, 4) is 17.2 Å². The van der Waals surface area contributed by atoms with Gasteiger partial charge in [0.2, 0.25) is 5.91 Å². The Hall–Kier alpha value is -2.67. The van der Waals surface area contributed by atoms with E-state index in [0.29, 0.717) is 44.1 Å². The van der Waals surface area contributed by atoms with Crippen LogP contribution in [0.1, 0.15) is 18.1 Å². The molecule has 0 spiro atoms. The number of nitrogens with one attached hydrogen (secondary N) is 1. The lowest BCUT2D eigenvalue weighted by Gasteiger charge is -2.15. The third-order valence-electron chi connectivity index (χ3n) is 4.51. The summed E-state index contributed by atoms with van der Waals surface area (Å²) in [5.74, 6) is 1.30. The fraction of sp³-hybridized carbons (Fsp3) is 0.160. The normalized spacial score (nSPS) is 10.8. The standard InChI is InChI=1S/C25H22BrCl2NO4/c1-3-32-23-13-16(8-11-24(30)29-21-14-18(27)9-10-22(21)31-2)12-19(26)25(23)33-15-17-6-4-5-7-20(17)28/h4-14H,3,15H2,1-2H3,(H,29,30)/b11-8+. The number of hydrogen-bond donors (Lipinski definition) is 1. The molecule has 3 rings (SSSR count). The minimum atomic E-state index is -0.330. The van der Waals surface area contributed by atoms with Gasteiger partial charge in [-0.1, -0.05) is 41.4 Å². The molecule has 5 nitrogen and oxygen atoms in total. The van der Waals surface area contributed by atoms with Gasteiger partial charge >= 0.3 is 0 Å². The SMILES string of the molecule is CCOc1cc(/C=C/C(=O)Nc2cc(Cl)ccc2OC)cc(Br)c1OCc1ccccc1Cl. The van der Waals surface area contributed by atoms with Gasteiger partial charge < -0.3 is 19.5 Å². The number of anilines is 1. The number of carbonyl (C=O) groups is 1. The van der Waals surface area contributed by atoms with Crippen LogP contribution in [0, 0.1) is 0 Å². The lowest BCUT2D eigenvalue weighted by Crippen LogP contribution is -2.09. The van der Waals surface area contributed by atoms with Gasteiger partial charge in [0.25, 0.3) is 0 Å². The molecule has 1 N–H and O–H groups in total. The molecule has 0 atom stereocenters. The molecule has 0 heterocycles. The van der Waals surface area contributed by atoms with Gasteiger partial charge in [0, 0.05) is 21.7 Å². The molecule has 0 aliphatic carbocycles. The number of halogens is 3. The smallest absolute Gasteiger partial charge is 0.248 e. The quantitative estimate of drug-likeness (QED) is 0.282. The van der Waals surface area contributed by atoms with Crippen LogP contribution in [0.5, 0.6) is 17.2 Å². The summed E-state index contributed by atoms with van der Waals surface area (Å²) in [7, 11) is 1.52. The number of amides is 1. The molecule has 8 heteroatoms. The average molecular weight is 551 g/mol. The number of hydrogen-bond acceptors (Lipinski definition) is 4. The number of methoxy groups -OCH3 is 1.